The van der Waals surface area contributed by atoms with Crippen molar-refractivity contribution in [2.24, 2.45) is 0 Å². The van der Waals surface area contributed by atoms with Gasteiger partial charge in [0.15, 0.2) is 11.5 Å². The molecular formula is C30H40N2O8. The summed E-state index contributed by atoms with van der Waals surface area (Å²) >= 11 is 0. The summed E-state index contributed by atoms with van der Waals surface area (Å²) in [5, 5.41) is 23.5. The third kappa shape index (κ3) is 11.0. The molecule has 0 aliphatic heterocycles. The summed E-state index contributed by atoms with van der Waals surface area (Å²) in [6, 6.07) is 9.72. The minimum atomic E-state index is -0.912. The molecule has 0 atom stereocenters. The average molecular weight is 557 g/mol. The number of nitrogens with one attached hydrogen (secondary N) is 1. The molecule has 0 saturated heterocycles. The number of anilines is 1. The first-order valence-electron chi connectivity index (χ1n) is 13.8. The molecule has 0 saturated carbocycles. The number of ether oxygens (including phenoxy) is 3. The van der Waals surface area contributed by atoms with E-state index in [1.165, 1.54) is 12.1 Å². The highest BCUT2D eigenvalue weighted by Gasteiger charge is 2.22. The molecule has 0 aliphatic carbocycles. The lowest BCUT2D eigenvalue weighted by Gasteiger charge is -2.15. The van der Waals surface area contributed by atoms with Crippen molar-refractivity contribution in [2.75, 3.05) is 25.1 Å². The summed E-state index contributed by atoms with van der Waals surface area (Å²) in [5.41, 5.74) is 0.844. The number of benzene rings is 2. The molecule has 2 rings (SSSR count). The molecule has 10 heteroatoms. The molecule has 40 heavy (non-hydrogen) atoms. The van der Waals surface area contributed by atoms with E-state index in [-0.39, 0.29) is 24.3 Å². The summed E-state index contributed by atoms with van der Waals surface area (Å²) in [5.74, 6) is -0.300. The standard InChI is InChI=1S/C30H40N2O8/c1-4-6-10-16-39-27-20-23(25(32(36)37)21-28(27)40-17-11-7-5-2)22(3)19-29(33)31-24-13-8-9-14-26(24)38-18-12-15-30(34)35/h8-9,13-14,19-21H,4-7,10-12,15-18H2,1-3H3,(H,31,33)(H,34,35)/b22-19+. The molecule has 218 valence electrons. The number of hydrogen-bond donors (Lipinski definition) is 2. The van der Waals surface area contributed by atoms with Crippen LogP contribution in [0.2, 0.25) is 0 Å². The maximum atomic E-state index is 12.9. The zero-order valence-corrected chi connectivity index (χ0v) is 23.6. The van der Waals surface area contributed by atoms with Gasteiger partial charge >= 0.3 is 5.97 Å². The summed E-state index contributed by atoms with van der Waals surface area (Å²) in [6.07, 6.45) is 7.28. The minimum Gasteiger partial charge on any atom is -0.491 e. The van der Waals surface area contributed by atoms with E-state index in [0.29, 0.717) is 48.1 Å². The van der Waals surface area contributed by atoms with Gasteiger partial charge in [-0.2, -0.15) is 0 Å². The van der Waals surface area contributed by atoms with Crippen LogP contribution in [0.1, 0.15) is 77.7 Å². The fourth-order valence-electron chi connectivity index (χ4n) is 3.85. The first kappa shape index (κ1) is 32.1. The van der Waals surface area contributed by atoms with E-state index in [1.54, 1.807) is 37.3 Å². The first-order valence-corrected chi connectivity index (χ1v) is 13.8. The average Bonchev–Trinajstić information content (AvgIpc) is 2.92. The largest absolute Gasteiger partial charge is 0.491 e. The molecule has 0 radical (unpaired) electrons. The van der Waals surface area contributed by atoms with Crippen LogP contribution in [0.15, 0.2) is 42.5 Å². The van der Waals surface area contributed by atoms with Crippen molar-refractivity contribution >= 4 is 28.8 Å². The Bertz CT molecular complexity index is 1160. The summed E-state index contributed by atoms with van der Waals surface area (Å²) in [7, 11) is 0. The molecule has 2 N–H and O–H groups in total. The van der Waals surface area contributed by atoms with Crippen molar-refractivity contribution in [3.63, 3.8) is 0 Å². The quantitative estimate of drug-likeness (QED) is 0.0815. The molecule has 10 nitrogen and oxygen atoms in total. The molecule has 0 unspecified atom stereocenters. The van der Waals surface area contributed by atoms with Crippen LogP contribution in [0.5, 0.6) is 17.2 Å². The van der Waals surface area contributed by atoms with Crippen molar-refractivity contribution in [1.82, 2.24) is 0 Å². The number of nitro benzene ring substituents is 1. The Morgan fingerprint density at radius 2 is 1.48 bits per heavy atom. The summed E-state index contributed by atoms with van der Waals surface area (Å²) < 4.78 is 17.5. The normalized spacial score (nSPS) is 11.1. The lowest BCUT2D eigenvalue weighted by Crippen LogP contribution is -2.11. The number of carbonyl (C=O) groups excluding carboxylic acids is 1. The van der Waals surface area contributed by atoms with Crippen molar-refractivity contribution < 1.29 is 33.8 Å². The van der Waals surface area contributed by atoms with Crippen LogP contribution < -0.4 is 19.5 Å². The summed E-state index contributed by atoms with van der Waals surface area (Å²) in [6.45, 7) is 6.84. The smallest absolute Gasteiger partial charge is 0.303 e. The Morgan fingerprint density at radius 3 is 2.08 bits per heavy atom. The predicted molar refractivity (Wildman–Crippen MR) is 154 cm³/mol. The molecule has 0 heterocycles. The Kier molecular flexibility index (Phi) is 14.1. The van der Waals surface area contributed by atoms with Gasteiger partial charge in [0.2, 0.25) is 5.91 Å². The number of carboxylic acid groups (broad SMARTS) is 1. The third-order valence-electron chi connectivity index (χ3n) is 5.98. The van der Waals surface area contributed by atoms with Crippen LogP contribution in [0.4, 0.5) is 11.4 Å². The number of carbonyl (C=O) groups is 2. The first-order chi connectivity index (χ1) is 19.3. The molecule has 2 aromatic carbocycles. The molecule has 0 aromatic heterocycles. The molecule has 0 aliphatic rings. The maximum absolute atomic E-state index is 12.9. The van der Waals surface area contributed by atoms with E-state index in [4.69, 9.17) is 19.3 Å². The van der Waals surface area contributed by atoms with Gasteiger partial charge in [0.1, 0.15) is 5.75 Å². The number of para-hydroxylation sites is 2. The fourth-order valence-corrected chi connectivity index (χ4v) is 3.85. The van der Waals surface area contributed by atoms with E-state index in [0.717, 1.165) is 38.5 Å². The van der Waals surface area contributed by atoms with Crippen molar-refractivity contribution in [3.05, 3.63) is 58.2 Å². The van der Waals surface area contributed by atoms with Crippen LogP contribution >= 0.6 is 0 Å². The van der Waals surface area contributed by atoms with Gasteiger partial charge in [-0.3, -0.25) is 19.7 Å². The Balaban J connectivity index is 2.28. The molecule has 1 amide bonds. The number of amides is 1. The molecule has 0 spiro atoms. The van der Waals surface area contributed by atoms with E-state index >= 15 is 0 Å². The van der Waals surface area contributed by atoms with E-state index in [1.807, 2.05) is 0 Å². The van der Waals surface area contributed by atoms with Crippen molar-refractivity contribution in [2.45, 2.75) is 72.1 Å². The highest BCUT2D eigenvalue weighted by Crippen LogP contribution is 2.38. The monoisotopic (exact) mass is 556 g/mol. The van der Waals surface area contributed by atoms with Gasteiger partial charge in [0.05, 0.1) is 42.1 Å². The van der Waals surface area contributed by atoms with Crippen molar-refractivity contribution in [3.8, 4) is 17.2 Å². The maximum Gasteiger partial charge on any atom is 0.303 e. The lowest BCUT2D eigenvalue weighted by atomic mass is 10.0. The topological polar surface area (TPSA) is 137 Å². The van der Waals surface area contributed by atoms with Crippen LogP contribution in [0.3, 0.4) is 0 Å². The van der Waals surface area contributed by atoms with Crippen LogP contribution in [0, 0.1) is 10.1 Å². The number of rotatable bonds is 19. The van der Waals surface area contributed by atoms with Crippen LogP contribution in [-0.4, -0.2) is 41.7 Å². The molecule has 0 fully saturated rings. The van der Waals surface area contributed by atoms with Crippen LogP contribution in [0.25, 0.3) is 5.57 Å². The van der Waals surface area contributed by atoms with E-state index < -0.39 is 16.8 Å². The number of hydrogen-bond acceptors (Lipinski definition) is 7. The van der Waals surface area contributed by atoms with Gasteiger partial charge in [-0.05, 0) is 50.0 Å². The van der Waals surface area contributed by atoms with E-state index in [9.17, 15) is 19.7 Å². The summed E-state index contributed by atoms with van der Waals surface area (Å²) in [4.78, 5) is 35.1. The van der Waals surface area contributed by atoms with Gasteiger partial charge in [-0.1, -0.05) is 51.7 Å². The van der Waals surface area contributed by atoms with Crippen LogP contribution in [-0.2, 0) is 9.59 Å². The highest BCUT2D eigenvalue weighted by atomic mass is 16.6. The van der Waals surface area contributed by atoms with Crippen molar-refractivity contribution in [1.29, 1.82) is 0 Å². The Hall–Kier alpha value is -4.08. The number of aliphatic carboxylic acids is 1. The number of allylic oxidation sites excluding steroid dienone is 1. The van der Waals surface area contributed by atoms with Gasteiger partial charge in [0.25, 0.3) is 5.69 Å². The second kappa shape index (κ2) is 17.5. The second-order valence-corrected chi connectivity index (χ2v) is 9.34. The number of unbranched alkanes of at least 4 members (excludes halogenated alkanes) is 4. The fraction of sp³-hybridized carbons (Fsp3) is 0.467. The van der Waals surface area contributed by atoms with Gasteiger partial charge in [-0.25, -0.2) is 0 Å². The van der Waals surface area contributed by atoms with E-state index in [2.05, 4.69) is 19.2 Å². The molecular weight excluding hydrogens is 516 g/mol. The Labute approximate surface area is 235 Å². The third-order valence-corrected chi connectivity index (χ3v) is 5.98. The predicted octanol–water partition coefficient (Wildman–Crippen LogP) is 7.02. The SMILES string of the molecule is CCCCCOc1cc(/C(C)=C/C(=O)Nc2ccccc2OCCCC(=O)O)c([N+](=O)[O-])cc1OCCCCC. The van der Waals surface area contributed by atoms with Gasteiger partial charge < -0.3 is 24.6 Å². The van der Waals surface area contributed by atoms with Gasteiger partial charge in [-0.15, -0.1) is 0 Å². The molecule has 0 bridgehead atoms. The highest BCUT2D eigenvalue weighted by molar-refractivity contribution is 6.05. The Morgan fingerprint density at radius 1 is 0.900 bits per heavy atom. The second-order valence-electron chi connectivity index (χ2n) is 9.34. The van der Waals surface area contributed by atoms with Gasteiger partial charge in [0, 0.05) is 12.5 Å². The number of carboxylic acids is 1. The zero-order chi connectivity index (χ0) is 29.3. The molecule has 2 aromatic rings. The minimum absolute atomic E-state index is 0.0257. The number of nitro groups is 1. The zero-order valence-electron chi connectivity index (χ0n) is 23.6. The number of nitrogens with zero attached hydrogens (tertiary/aromatic N) is 1. The lowest BCUT2D eigenvalue weighted by molar-refractivity contribution is -0.385.